The van der Waals surface area contributed by atoms with Crippen LogP contribution in [0.25, 0.3) is 0 Å². The summed E-state index contributed by atoms with van der Waals surface area (Å²) < 4.78 is 27.7. The summed E-state index contributed by atoms with van der Waals surface area (Å²) in [6, 6.07) is 5.36. The van der Waals surface area contributed by atoms with Crippen LogP contribution in [0.15, 0.2) is 40.7 Å². The molecule has 1 N–H and O–H groups in total. The first-order valence-electron chi connectivity index (χ1n) is 7.33. The van der Waals surface area contributed by atoms with Gasteiger partial charge in [0.05, 0.1) is 17.5 Å². The van der Waals surface area contributed by atoms with Gasteiger partial charge in [-0.15, -0.1) is 11.3 Å². The lowest BCUT2D eigenvalue weighted by Crippen LogP contribution is -2.47. The minimum Gasteiger partial charge on any atom is -0.395 e. The Bertz CT molecular complexity index is 748. The van der Waals surface area contributed by atoms with Crippen molar-refractivity contribution in [1.82, 2.24) is 9.29 Å². The van der Waals surface area contributed by atoms with Crippen LogP contribution in [0.4, 0.5) is 0 Å². The van der Waals surface area contributed by atoms with Crippen LogP contribution in [0.3, 0.4) is 0 Å². The molecule has 0 radical (unpaired) electrons. The fraction of sp³-hybridized carbons (Fsp3) is 0.400. The van der Waals surface area contributed by atoms with E-state index < -0.39 is 16.1 Å². The van der Waals surface area contributed by atoms with Gasteiger partial charge in [-0.1, -0.05) is 11.6 Å². The third kappa shape index (κ3) is 3.29. The van der Waals surface area contributed by atoms with Crippen LogP contribution in [0.5, 0.6) is 0 Å². The molecule has 0 aliphatic carbocycles. The van der Waals surface area contributed by atoms with Crippen molar-refractivity contribution in [2.45, 2.75) is 36.2 Å². The maximum absolute atomic E-state index is 13.1. The molecule has 3 rings (SSSR count). The van der Waals surface area contributed by atoms with Crippen molar-refractivity contribution >= 4 is 33.0 Å². The lowest BCUT2D eigenvalue weighted by Gasteiger charge is -2.39. The fourth-order valence-electron chi connectivity index (χ4n) is 2.95. The zero-order valence-electron chi connectivity index (χ0n) is 12.3. The minimum atomic E-state index is -3.73. The van der Waals surface area contributed by atoms with E-state index >= 15 is 0 Å². The van der Waals surface area contributed by atoms with E-state index in [1.54, 1.807) is 18.3 Å². The highest BCUT2D eigenvalue weighted by Gasteiger charge is 2.41. The number of halogens is 1. The van der Waals surface area contributed by atoms with E-state index in [0.717, 1.165) is 11.4 Å². The molecule has 1 aromatic heterocycles. The molecule has 1 aromatic carbocycles. The molecule has 0 amide bonds. The van der Waals surface area contributed by atoms with Crippen molar-refractivity contribution < 1.29 is 13.5 Å². The van der Waals surface area contributed by atoms with Crippen molar-refractivity contribution in [2.75, 3.05) is 6.61 Å². The molecule has 5 nitrogen and oxygen atoms in total. The maximum Gasteiger partial charge on any atom is 0.244 e. The highest BCUT2D eigenvalue weighted by atomic mass is 35.5. The molecule has 1 saturated heterocycles. The van der Waals surface area contributed by atoms with Crippen molar-refractivity contribution in [3.8, 4) is 0 Å². The smallest absolute Gasteiger partial charge is 0.244 e. The van der Waals surface area contributed by atoms with Gasteiger partial charge in [-0.05, 0) is 43.5 Å². The molecule has 2 atom stereocenters. The van der Waals surface area contributed by atoms with Gasteiger partial charge in [0, 0.05) is 22.6 Å². The van der Waals surface area contributed by atoms with Crippen molar-refractivity contribution in [3.05, 3.63) is 45.9 Å². The van der Waals surface area contributed by atoms with Crippen LogP contribution >= 0.6 is 22.9 Å². The summed E-state index contributed by atoms with van der Waals surface area (Å²) >= 11 is 7.30. The predicted molar refractivity (Wildman–Crippen MR) is 90.1 cm³/mol. The topological polar surface area (TPSA) is 70.5 Å². The molecule has 0 spiro atoms. The molecule has 0 saturated carbocycles. The van der Waals surface area contributed by atoms with Gasteiger partial charge in [0.15, 0.2) is 0 Å². The predicted octanol–water partition coefficient (Wildman–Crippen LogP) is 3.07. The highest BCUT2D eigenvalue weighted by molar-refractivity contribution is 7.89. The molecular formula is C15H17ClN2O3S2. The first-order chi connectivity index (χ1) is 11.0. The Balaban J connectivity index is 2.05. The summed E-state index contributed by atoms with van der Waals surface area (Å²) in [4.78, 5) is 4.47. The van der Waals surface area contributed by atoms with Crippen molar-refractivity contribution in [1.29, 1.82) is 0 Å². The van der Waals surface area contributed by atoms with Gasteiger partial charge in [-0.2, -0.15) is 4.31 Å². The number of sulfonamides is 1. The molecule has 23 heavy (non-hydrogen) atoms. The van der Waals surface area contributed by atoms with Gasteiger partial charge in [-0.3, -0.25) is 0 Å². The van der Waals surface area contributed by atoms with E-state index in [-0.39, 0.29) is 17.5 Å². The lowest BCUT2D eigenvalue weighted by molar-refractivity contribution is 0.115. The summed E-state index contributed by atoms with van der Waals surface area (Å²) in [5.41, 5.74) is 0. The number of piperidine rings is 1. The molecular weight excluding hydrogens is 356 g/mol. The molecule has 1 fully saturated rings. The largest absolute Gasteiger partial charge is 0.395 e. The summed E-state index contributed by atoms with van der Waals surface area (Å²) in [7, 11) is -3.73. The first kappa shape index (κ1) is 16.9. The number of aliphatic hydroxyl groups is 1. The van der Waals surface area contributed by atoms with Gasteiger partial charge in [0.2, 0.25) is 10.0 Å². The lowest BCUT2D eigenvalue weighted by atomic mass is 9.99. The molecule has 1 aliphatic heterocycles. The summed E-state index contributed by atoms with van der Waals surface area (Å²) in [6.07, 6.45) is 3.89. The number of benzene rings is 1. The molecule has 8 heteroatoms. The van der Waals surface area contributed by atoms with Crippen LogP contribution in [-0.2, 0) is 10.0 Å². The van der Waals surface area contributed by atoms with Gasteiger partial charge in [0.25, 0.3) is 0 Å². The SMILES string of the molecule is O=S(=O)(c1ccc(Cl)cc1)N1C(CO)CCCC1c1nccs1. The molecule has 2 unspecified atom stereocenters. The third-order valence-electron chi connectivity index (χ3n) is 4.02. The zero-order chi connectivity index (χ0) is 16.4. The second-order valence-corrected chi connectivity index (χ2v) is 8.65. The molecule has 2 heterocycles. The van der Waals surface area contributed by atoms with Gasteiger partial charge in [-0.25, -0.2) is 13.4 Å². The first-order valence-corrected chi connectivity index (χ1v) is 10.0. The Kier molecular flexibility index (Phi) is 5.03. The van der Waals surface area contributed by atoms with E-state index in [0.29, 0.717) is 17.9 Å². The Labute approximate surface area is 144 Å². The monoisotopic (exact) mass is 372 g/mol. The Morgan fingerprint density at radius 3 is 2.65 bits per heavy atom. The quantitative estimate of drug-likeness (QED) is 0.895. The Morgan fingerprint density at radius 1 is 1.30 bits per heavy atom. The van der Waals surface area contributed by atoms with Crippen molar-refractivity contribution in [3.63, 3.8) is 0 Å². The summed E-state index contributed by atoms with van der Waals surface area (Å²) in [5, 5.41) is 12.8. The Hall–Kier alpha value is -0.990. The average molecular weight is 373 g/mol. The number of nitrogens with zero attached hydrogens (tertiary/aromatic N) is 2. The van der Waals surface area contributed by atoms with E-state index in [1.165, 1.54) is 27.8 Å². The molecule has 1 aliphatic rings. The number of hydrogen-bond acceptors (Lipinski definition) is 5. The van der Waals surface area contributed by atoms with Gasteiger partial charge < -0.3 is 5.11 Å². The van der Waals surface area contributed by atoms with Crippen LogP contribution < -0.4 is 0 Å². The fourth-order valence-corrected chi connectivity index (χ4v) is 5.74. The van der Waals surface area contributed by atoms with E-state index in [1.807, 2.05) is 5.38 Å². The van der Waals surface area contributed by atoms with Crippen LogP contribution in [-0.4, -0.2) is 35.5 Å². The van der Waals surface area contributed by atoms with Crippen LogP contribution in [0.2, 0.25) is 5.02 Å². The number of rotatable bonds is 4. The van der Waals surface area contributed by atoms with E-state index in [4.69, 9.17) is 11.6 Å². The standard InChI is InChI=1S/C15H17ClN2O3S2/c16-11-4-6-13(7-5-11)23(20,21)18-12(10-19)2-1-3-14(18)15-17-8-9-22-15/h4-9,12,14,19H,1-3,10H2. The highest BCUT2D eigenvalue weighted by Crippen LogP contribution is 2.39. The summed E-state index contributed by atoms with van der Waals surface area (Å²) in [5.74, 6) is 0. The van der Waals surface area contributed by atoms with E-state index in [9.17, 15) is 13.5 Å². The zero-order valence-corrected chi connectivity index (χ0v) is 14.7. The maximum atomic E-state index is 13.1. The normalized spacial score (nSPS) is 23.0. The van der Waals surface area contributed by atoms with Gasteiger partial charge in [0.1, 0.15) is 5.01 Å². The van der Waals surface area contributed by atoms with Crippen LogP contribution in [0.1, 0.15) is 30.3 Å². The minimum absolute atomic E-state index is 0.184. The van der Waals surface area contributed by atoms with Crippen LogP contribution in [0, 0.1) is 0 Å². The Morgan fingerprint density at radius 2 is 2.04 bits per heavy atom. The molecule has 2 aromatic rings. The van der Waals surface area contributed by atoms with E-state index in [2.05, 4.69) is 4.98 Å². The third-order valence-corrected chi connectivity index (χ3v) is 7.12. The number of hydrogen-bond donors (Lipinski definition) is 1. The second-order valence-electron chi connectivity index (χ2n) is 5.44. The summed E-state index contributed by atoms with van der Waals surface area (Å²) in [6.45, 7) is -0.200. The average Bonchev–Trinajstić information content (AvgIpc) is 3.09. The molecule has 124 valence electrons. The number of thiazole rings is 1. The van der Waals surface area contributed by atoms with Crippen molar-refractivity contribution in [2.24, 2.45) is 0 Å². The number of aliphatic hydroxyl groups excluding tert-OH is 1. The molecule has 0 bridgehead atoms. The van der Waals surface area contributed by atoms with Gasteiger partial charge >= 0.3 is 0 Å². The number of aromatic nitrogens is 1. The second kappa shape index (κ2) is 6.86.